The molecule has 0 aromatic heterocycles. The predicted molar refractivity (Wildman–Crippen MR) is 128 cm³/mol. The molecule has 9 heteroatoms. The van der Waals surface area contributed by atoms with E-state index in [1.165, 1.54) is 12.1 Å². The minimum atomic E-state index is -4.47. The molecule has 0 aliphatic carbocycles. The first kappa shape index (κ1) is 27.3. The summed E-state index contributed by atoms with van der Waals surface area (Å²) in [7, 11) is 0. The van der Waals surface area contributed by atoms with Crippen LogP contribution >= 0.6 is 0 Å². The number of aliphatic hydroxyl groups is 1. The van der Waals surface area contributed by atoms with Crippen molar-refractivity contribution in [2.24, 2.45) is 0 Å². The Kier molecular flexibility index (Phi) is 9.52. The summed E-state index contributed by atoms with van der Waals surface area (Å²) in [6.45, 7) is 0.581. The van der Waals surface area contributed by atoms with Gasteiger partial charge in [0.15, 0.2) is 0 Å². The van der Waals surface area contributed by atoms with E-state index in [0.29, 0.717) is 37.1 Å². The number of nitrogens with zero attached hydrogens (tertiary/aromatic N) is 1. The highest BCUT2D eigenvalue weighted by Gasteiger charge is 2.31. The molecule has 3 rings (SSSR count). The molecule has 2 aromatic rings. The van der Waals surface area contributed by atoms with Crippen molar-refractivity contribution in [2.45, 2.75) is 63.3 Å². The molecular formula is C27H30F3NO5. The van der Waals surface area contributed by atoms with Crippen LogP contribution in [0.15, 0.2) is 60.7 Å². The maximum absolute atomic E-state index is 12.9. The summed E-state index contributed by atoms with van der Waals surface area (Å²) in [5.41, 5.74) is -0.305. The normalized spacial score (nSPS) is 17.1. The summed E-state index contributed by atoms with van der Waals surface area (Å²) in [6.07, 6.45) is 2.24. The number of halogens is 3. The molecule has 1 heterocycles. The minimum absolute atomic E-state index is 0.0371. The van der Waals surface area contributed by atoms with Crippen molar-refractivity contribution in [2.75, 3.05) is 6.54 Å². The van der Waals surface area contributed by atoms with Gasteiger partial charge >= 0.3 is 12.1 Å². The molecule has 2 N–H and O–H groups in total. The summed E-state index contributed by atoms with van der Waals surface area (Å²) in [5.74, 6) is -0.419. The molecule has 2 atom stereocenters. The van der Waals surface area contributed by atoms with Crippen LogP contribution in [0.1, 0.15) is 62.2 Å². The number of likely N-dealkylation sites (tertiary alicyclic amines) is 1. The number of alkyl halides is 3. The fourth-order valence-corrected chi connectivity index (χ4v) is 4.14. The van der Waals surface area contributed by atoms with Crippen LogP contribution in [-0.2, 0) is 15.8 Å². The number of carbonyl (C=O) groups is 2. The van der Waals surface area contributed by atoms with E-state index in [1.807, 2.05) is 0 Å². The van der Waals surface area contributed by atoms with Gasteiger partial charge in [-0.25, -0.2) is 0 Å². The van der Waals surface area contributed by atoms with E-state index in [0.717, 1.165) is 31.4 Å². The van der Waals surface area contributed by atoms with E-state index < -0.39 is 23.8 Å². The zero-order valence-corrected chi connectivity index (χ0v) is 19.8. The number of carboxylic acids is 1. The molecule has 2 unspecified atom stereocenters. The Balaban J connectivity index is 1.57. The maximum atomic E-state index is 12.9. The molecule has 0 saturated carbocycles. The number of amides is 1. The van der Waals surface area contributed by atoms with Gasteiger partial charge in [0.05, 0.1) is 17.7 Å². The Hall–Kier alpha value is -3.33. The molecule has 194 valence electrons. The van der Waals surface area contributed by atoms with E-state index in [1.54, 1.807) is 41.3 Å². The highest BCUT2D eigenvalue weighted by molar-refractivity contribution is 5.79. The summed E-state index contributed by atoms with van der Waals surface area (Å²) in [6, 6.07) is 10.9. The number of rotatable bonds is 12. The SMILES string of the molecule is O=C(O)CCCCCCN1C(=O)CCC1C=CC(O)c1cccc(Oc2cccc(C(F)(F)F)c2)c1. The van der Waals surface area contributed by atoms with Gasteiger partial charge in [0, 0.05) is 19.4 Å². The van der Waals surface area contributed by atoms with Gasteiger partial charge in [-0.15, -0.1) is 0 Å². The monoisotopic (exact) mass is 505 g/mol. The second kappa shape index (κ2) is 12.6. The number of carboxylic acid groups (broad SMARTS) is 1. The summed E-state index contributed by atoms with van der Waals surface area (Å²) in [4.78, 5) is 24.6. The van der Waals surface area contributed by atoms with Crippen LogP contribution in [-0.4, -0.2) is 39.6 Å². The van der Waals surface area contributed by atoms with E-state index in [2.05, 4.69) is 0 Å². The summed E-state index contributed by atoms with van der Waals surface area (Å²) in [5, 5.41) is 19.3. The Bertz CT molecular complexity index is 1070. The quantitative estimate of drug-likeness (QED) is 0.268. The summed E-state index contributed by atoms with van der Waals surface area (Å²) < 4.78 is 44.4. The second-order valence-electron chi connectivity index (χ2n) is 8.78. The van der Waals surface area contributed by atoms with Gasteiger partial charge in [-0.05, 0) is 55.2 Å². The van der Waals surface area contributed by atoms with Crippen LogP contribution < -0.4 is 4.74 Å². The molecule has 1 aliphatic rings. The first-order valence-electron chi connectivity index (χ1n) is 12.0. The van der Waals surface area contributed by atoms with Crippen molar-refractivity contribution >= 4 is 11.9 Å². The Labute approximate surface area is 208 Å². The molecule has 2 aromatic carbocycles. The van der Waals surface area contributed by atoms with Gasteiger partial charge in [0.1, 0.15) is 11.5 Å². The number of hydrogen-bond acceptors (Lipinski definition) is 4. The lowest BCUT2D eigenvalue weighted by Crippen LogP contribution is -2.32. The lowest BCUT2D eigenvalue weighted by molar-refractivity contribution is -0.138. The Morgan fingerprint density at radius 1 is 1.08 bits per heavy atom. The topological polar surface area (TPSA) is 87.1 Å². The zero-order valence-electron chi connectivity index (χ0n) is 19.8. The van der Waals surface area contributed by atoms with E-state index in [9.17, 15) is 27.9 Å². The average Bonchev–Trinajstić information content (AvgIpc) is 3.18. The van der Waals surface area contributed by atoms with Gasteiger partial charge in [-0.3, -0.25) is 9.59 Å². The lowest BCUT2D eigenvalue weighted by atomic mass is 10.1. The largest absolute Gasteiger partial charge is 0.481 e. The van der Waals surface area contributed by atoms with Crippen LogP contribution in [0.5, 0.6) is 11.5 Å². The highest BCUT2D eigenvalue weighted by Crippen LogP contribution is 2.33. The standard InChI is InChI=1S/C27H30F3NO5/c28-27(29,30)20-8-6-10-23(18-20)36-22-9-5-7-19(17-22)24(32)14-12-21-13-15-25(33)31(21)16-4-2-1-3-11-26(34)35/h5-10,12,14,17-18,21,24,32H,1-4,11,13,15-16H2,(H,34,35). The van der Waals surface area contributed by atoms with E-state index >= 15 is 0 Å². The molecule has 6 nitrogen and oxygen atoms in total. The number of aliphatic carboxylic acids is 1. The van der Waals surface area contributed by atoms with Gasteiger partial charge in [0.2, 0.25) is 5.91 Å². The number of ether oxygens (including phenoxy) is 1. The molecule has 1 aliphatic heterocycles. The van der Waals surface area contributed by atoms with Crippen molar-refractivity contribution in [3.63, 3.8) is 0 Å². The second-order valence-corrected chi connectivity index (χ2v) is 8.78. The molecule has 1 amide bonds. The van der Waals surface area contributed by atoms with E-state index in [-0.39, 0.29) is 24.1 Å². The van der Waals surface area contributed by atoms with Crippen LogP contribution in [0.3, 0.4) is 0 Å². The van der Waals surface area contributed by atoms with Crippen LogP contribution in [0, 0.1) is 0 Å². The van der Waals surface area contributed by atoms with Crippen molar-refractivity contribution < 1.29 is 37.7 Å². The molecule has 1 saturated heterocycles. The average molecular weight is 506 g/mol. The number of carbonyl (C=O) groups excluding carboxylic acids is 1. The van der Waals surface area contributed by atoms with Crippen molar-refractivity contribution in [1.82, 2.24) is 4.90 Å². The van der Waals surface area contributed by atoms with Crippen LogP contribution in [0.2, 0.25) is 0 Å². The minimum Gasteiger partial charge on any atom is -0.481 e. The molecule has 0 spiro atoms. The highest BCUT2D eigenvalue weighted by atomic mass is 19.4. The van der Waals surface area contributed by atoms with Crippen molar-refractivity contribution in [1.29, 1.82) is 0 Å². The zero-order chi connectivity index (χ0) is 26.1. The predicted octanol–water partition coefficient (Wildman–Crippen LogP) is 6.11. The fraction of sp³-hybridized carbons (Fsp3) is 0.407. The third-order valence-electron chi connectivity index (χ3n) is 6.03. The first-order chi connectivity index (χ1) is 17.1. The van der Waals surface area contributed by atoms with E-state index in [4.69, 9.17) is 9.84 Å². The third-order valence-corrected chi connectivity index (χ3v) is 6.03. The first-order valence-corrected chi connectivity index (χ1v) is 12.0. The van der Waals surface area contributed by atoms with Gasteiger partial charge in [-0.1, -0.05) is 43.2 Å². The van der Waals surface area contributed by atoms with Crippen LogP contribution in [0.25, 0.3) is 0 Å². The maximum Gasteiger partial charge on any atom is 0.416 e. The third kappa shape index (κ3) is 8.12. The van der Waals surface area contributed by atoms with Crippen molar-refractivity contribution in [3.05, 3.63) is 71.8 Å². The van der Waals surface area contributed by atoms with Crippen LogP contribution in [0.4, 0.5) is 13.2 Å². The molecule has 36 heavy (non-hydrogen) atoms. The molecular weight excluding hydrogens is 475 g/mol. The number of unbranched alkanes of at least 4 members (excludes halogenated alkanes) is 3. The lowest BCUT2D eigenvalue weighted by Gasteiger charge is -2.22. The smallest absolute Gasteiger partial charge is 0.416 e. The van der Waals surface area contributed by atoms with Gasteiger partial charge in [0.25, 0.3) is 0 Å². The Morgan fingerprint density at radius 3 is 2.50 bits per heavy atom. The molecule has 0 bridgehead atoms. The van der Waals surface area contributed by atoms with Crippen molar-refractivity contribution in [3.8, 4) is 11.5 Å². The molecule has 0 radical (unpaired) electrons. The van der Waals surface area contributed by atoms with Gasteiger partial charge in [-0.2, -0.15) is 13.2 Å². The fourth-order valence-electron chi connectivity index (χ4n) is 4.14. The number of hydrogen-bond donors (Lipinski definition) is 2. The molecule has 1 fully saturated rings. The number of aliphatic hydroxyl groups excluding tert-OH is 1. The van der Waals surface area contributed by atoms with Gasteiger partial charge < -0.3 is 19.8 Å². The number of benzene rings is 2. The Morgan fingerprint density at radius 2 is 1.78 bits per heavy atom. The summed E-state index contributed by atoms with van der Waals surface area (Å²) >= 11 is 0.